The van der Waals surface area contributed by atoms with Gasteiger partial charge < -0.3 is 4.52 Å². The minimum Gasteiger partial charge on any atom is -0.359 e. The molecular weight excluding hydrogens is 324 g/mol. The average Bonchev–Trinajstić information content (AvgIpc) is 3.16. The Hall–Kier alpha value is -1.37. The van der Waals surface area contributed by atoms with Gasteiger partial charge in [0, 0.05) is 17.6 Å². The van der Waals surface area contributed by atoms with E-state index in [1.54, 1.807) is 18.2 Å². The predicted molar refractivity (Wildman–Crippen MR) is 83.2 cm³/mol. The number of hydrogen-bond acceptors (Lipinski definition) is 4. The molecular formula is C15H17ClN2O3S. The Morgan fingerprint density at radius 2 is 2.23 bits per heavy atom. The number of rotatable bonds is 4. The minimum absolute atomic E-state index is 0.210. The lowest BCUT2D eigenvalue weighted by Crippen LogP contribution is -2.30. The molecule has 1 fully saturated rings. The summed E-state index contributed by atoms with van der Waals surface area (Å²) < 4.78 is 32.5. The second-order valence-corrected chi connectivity index (χ2v) is 7.63. The lowest BCUT2D eigenvalue weighted by Gasteiger charge is -2.22. The zero-order valence-corrected chi connectivity index (χ0v) is 13.8. The molecule has 1 aliphatic heterocycles. The standard InChI is InChI=1S/C15H17ClN2O3S/c1-2-12-10-15(21-17-12)14-7-4-8-18(14)22(19,20)13-6-3-5-11(16)9-13/h3,5-6,9-10,14H,2,4,7-8H2,1H3/t14-/m1/s1. The molecule has 0 radical (unpaired) electrons. The summed E-state index contributed by atoms with van der Waals surface area (Å²) in [6, 6.07) is 7.89. The number of nitrogens with zero attached hydrogens (tertiary/aromatic N) is 2. The highest BCUT2D eigenvalue weighted by Gasteiger charge is 2.38. The van der Waals surface area contributed by atoms with Crippen LogP contribution in [0.4, 0.5) is 0 Å². The molecule has 0 amide bonds. The third-order valence-corrected chi connectivity index (χ3v) is 6.01. The Balaban J connectivity index is 1.95. The zero-order valence-electron chi connectivity index (χ0n) is 12.2. The van der Waals surface area contributed by atoms with Gasteiger partial charge in [-0.2, -0.15) is 4.31 Å². The molecule has 1 aliphatic rings. The van der Waals surface area contributed by atoms with Crippen LogP contribution in [0.5, 0.6) is 0 Å². The van der Waals surface area contributed by atoms with Crippen molar-refractivity contribution in [2.75, 3.05) is 6.54 Å². The lowest BCUT2D eigenvalue weighted by atomic mass is 10.1. The molecule has 3 rings (SSSR count). The molecule has 0 saturated carbocycles. The van der Waals surface area contributed by atoms with Gasteiger partial charge in [0.15, 0.2) is 5.76 Å². The highest BCUT2D eigenvalue weighted by atomic mass is 35.5. The molecule has 22 heavy (non-hydrogen) atoms. The van der Waals surface area contributed by atoms with E-state index in [0.29, 0.717) is 17.3 Å². The van der Waals surface area contributed by atoms with Crippen LogP contribution in [0.15, 0.2) is 39.8 Å². The molecule has 2 heterocycles. The number of hydrogen-bond donors (Lipinski definition) is 0. The van der Waals surface area contributed by atoms with Crippen molar-refractivity contribution in [3.05, 3.63) is 46.8 Å². The Morgan fingerprint density at radius 3 is 2.91 bits per heavy atom. The third-order valence-electron chi connectivity index (χ3n) is 3.87. The van der Waals surface area contributed by atoms with Crippen LogP contribution in [0.1, 0.15) is 37.3 Å². The topological polar surface area (TPSA) is 63.4 Å². The number of aryl methyl sites for hydroxylation is 1. The van der Waals surface area contributed by atoms with Gasteiger partial charge in [-0.25, -0.2) is 8.42 Å². The summed E-state index contributed by atoms with van der Waals surface area (Å²) in [5.74, 6) is 0.611. The van der Waals surface area contributed by atoms with E-state index in [0.717, 1.165) is 25.0 Å². The molecule has 0 bridgehead atoms. The van der Waals surface area contributed by atoms with Crippen LogP contribution in [0.25, 0.3) is 0 Å². The van der Waals surface area contributed by atoms with Crippen molar-refractivity contribution in [2.45, 2.75) is 37.1 Å². The Bertz CT molecular complexity index is 773. The van der Waals surface area contributed by atoms with E-state index in [-0.39, 0.29) is 10.9 Å². The molecule has 0 aliphatic carbocycles. The van der Waals surface area contributed by atoms with Gasteiger partial charge in [-0.3, -0.25) is 0 Å². The van der Waals surface area contributed by atoms with Crippen molar-refractivity contribution in [3.8, 4) is 0 Å². The maximum atomic E-state index is 12.9. The summed E-state index contributed by atoms with van der Waals surface area (Å²) in [6.45, 7) is 2.46. The van der Waals surface area contributed by atoms with Crippen LogP contribution in [0, 0.1) is 0 Å². The zero-order chi connectivity index (χ0) is 15.7. The van der Waals surface area contributed by atoms with Gasteiger partial charge >= 0.3 is 0 Å². The van der Waals surface area contributed by atoms with Crippen LogP contribution in [0.3, 0.4) is 0 Å². The molecule has 118 valence electrons. The van der Waals surface area contributed by atoms with E-state index in [1.807, 2.05) is 13.0 Å². The SMILES string of the molecule is CCc1cc([C@H]2CCCN2S(=O)(=O)c2cccc(Cl)c2)on1. The van der Waals surface area contributed by atoms with Gasteiger partial charge in [-0.15, -0.1) is 0 Å². The molecule has 1 aromatic heterocycles. The molecule has 2 aromatic rings. The first kappa shape index (κ1) is 15.5. The Morgan fingerprint density at radius 1 is 1.41 bits per heavy atom. The molecule has 5 nitrogen and oxygen atoms in total. The number of sulfonamides is 1. The predicted octanol–water partition coefficient (Wildman–Crippen LogP) is 3.42. The number of aromatic nitrogens is 1. The van der Waals surface area contributed by atoms with E-state index < -0.39 is 10.0 Å². The second-order valence-electron chi connectivity index (χ2n) is 5.31. The van der Waals surface area contributed by atoms with Crippen LogP contribution in [-0.4, -0.2) is 24.4 Å². The van der Waals surface area contributed by atoms with Crippen molar-refractivity contribution in [2.24, 2.45) is 0 Å². The van der Waals surface area contributed by atoms with Crippen LogP contribution < -0.4 is 0 Å². The van der Waals surface area contributed by atoms with Gasteiger partial charge in [-0.1, -0.05) is 29.7 Å². The number of benzene rings is 1. The second kappa shape index (κ2) is 6.02. The fourth-order valence-electron chi connectivity index (χ4n) is 2.73. The maximum Gasteiger partial charge on any atom is 0.243 e. The van der Waals surface area contributed by atoms with Crippen molar-refractivity contribution < 1.29 is 12.9 Å². The van der Waals surface area contributed by atoms with Crippen molar-refractivity contribution in [3.63, 3.8) is 0 Å². The van der Waals surface area contributed by atoms with Crippen molar-refractivity contribution >= 4 is 21.6 Å². The molecule has 1 atom stereocenters. The molecule has 0 spiro atoms. The fourth-order valence-corrected chi connectivity index (χ4v) is 4.69. The normalized spacial score (nSPS) is 19.6. The summed E-state index contributed by atoms with van der Waals surface area (Å²) in [5, 5.41) is 4.37. The highest BCUT2D eigenvalue weighted by Crippen LogP contribution is 2.37. The molecule has 7 heteroatoms. The van der Waals surface area contributed by atoms with E-state index in [4.69, 9.17) is 16.1 Å². The largest absolute Gasteiger partial charge is 0.359 e. The minimum atomic E-state index is -3.59. The van der Waals surface area contributed by atoms with E-state index in [1.165, 1.54) is 10.4 Å². The number of halogens is 1. The molecule has 1 saturated heterocycles. The first-order valence-electron chi connectivity index (χ1n) is 7.25. The molecule has 0 N–H and O–H groups in total. The fraction of sp³-hybridized carbons (Fsp3) is 0.400. The molecule has 0 unspecified atom stereocenters. The van der Waals surface area contributed by atoms with Crippen LogP contribution >= 0.6 is 11.6 Å². The Labute approximate surface area is 134 Å². The monoisotopic (exact) mass is 340 g/mol. The van der Waals surface area contributed by atoms with Gasteiger partial charge in [0.2, 0.25) is 10.0 Å². The highest BCUT2D eigenvalue weighted by molar-refractivity contribution is 7.89. The van der Waals surface area contributed by atoms with Crippen LogP contribution in [-0.2, 0) is 16.4 Å². The smallest absolute Gasteiger partial charge is 0.243 e. The van der Waals surface area contributed by atoms with E-state index in [2.05, 4.69) is 5.16 Å². The maximum absolute atomic E-state index is 12.9. The van der Waals surface area contributed by atoms with Crippen molar-refractivity contribution in [1.29, 1.82) is 0 Å². The Kier molecular flexibility index (Phi) is 4.25. The van der Waals surface area contributed by atoms with E-state index >= 15 is 0 Å². The summed E-state index contributed by atoms with van der Waals surface area (Å²) >= 11 is 5.92. The van der Waals surface area contributed by atoms with E-state index in [9.17, 15) is 8.42 Å². The van der Waals surface area contributed by atoms with Gasteiger partial charge in [0.25, 0.3) is 0 Å². The summed E-state index contributed by atoms with van der Waals surface area (Å²) in [6.07, 6.45) is 2.29. The summed E-state index contributed by atoms with van der Waals surface area (Å²) in [7, 11) is -3.59. The summed E-state index contributed by atoms with van der Waals surface area (Å²) in [4.78, 5) is 0.210. The molecule has 1 aromatic carbocycles. The first-order valence-corrected chi connectivity index (χ1v) is 9.07. The van der Waals surface area contributed by atoms with Gasteiger partial charge in [0.05, 0.1) is 16.6 Å². The first-order chi connectivity index (χ1) is 10.5. The van der Waals surface area contributed by atoms with Crippen LogP contribution in [0.2, 0.25) is 5.02 Å². The van der Waals surface area contributed by atoms with Gasteiger partial charge in [-0.05, 0) is 37.5 Å². The lowest BCUT2D eigenvalue weighted by molar-refractivity contribution is 0.296. The van der Waals surface area contributed by atoms with Crippen molar-refractivity contribution in [1.82, 2.24) is 9.46 Å². The quantitative estimate of drug-likeness (QED) is 0.855. The average molecular weight is 341 g/mol. The third kappa shape index (κ3) is 2.78. The van der Waals surface area contributed by atoms with Gasteiger partial charge in [0.1, 0.15) is 0 Å². The summed E-state index contributed by atoms with van der Waals surface area (Å²) in [5.41, 5.74) is 0.835.